The zero-order valence-corrected chi connectivity index (χ0v) is 9.90. The highest BCUT2D eigenvalue weighted by Gasteiger charge is 2.10. The summed E-state index contributed by atoms with van der Waals surface area (Å²) in [6, 6.07) is 6.45. The van der Waals surface area contributed by atoms with E-state index in [-0.39, 0.29) is 5.91 Å². The summed E-state index contributed by atoms with van der Waals surface area (Å²) < 4.78 is 0. The molecule has 1 rings (SSSR count). The molecule has 0 atom stereocenters. The summed E-state index contributed by atoms with van der Waals surface area (Å²) in [4.78, 5) is 11.0. The van der Waals surface area contributed by atoms with Crippen molar-refractivity contribution in [1.29, 1.82) is 0 Å². The Balaban J connectivity index is 0.00000106. The van der Waals surface area contributed by atoms with Gasteiger partial charge < -0.3 is 15.4 Å². The molecule has 0 saturated heterocycles. The molecule has 3 N–H and O–H groups in total. The maximum Gasteiger partial charge on any atom is 0.488 e. The highest BCUT2D eigenvalue weighted by atomic mass is 16.4. The molecule has 0 bridgehead atoms. The van der Waals surface area contributed by atoms with Crippen LogP contribution in [0.15, 0.2) is 24.3 Å². The van der Waals surface area contributed by atoms with Gasteiger partial charge in [-0.25, -0.2) is 0 Å². The number of benzene rings is 1. The Morgan fingerprint density at radius 1 is 1.38 bits per heavy atom. The van der Waals surface area contributed by atoms with E-state index in [1.54, 1.807) is 25.1 Å². The quantitative estimate of drug-likeness (QED) is 0.662. The van der Waals surface area contributed by atoms with Crippen LogP contribution in [0.4, 0.5) is 5.69 Å². The molecule has 88 valence electrons. The highest BCUT2D eigenvalue weighted by Crippen LogP contribution is 2.04. The Labute approximate surface area is 96.5 Å². The first kappa shape index (κ1) is 14.7. The summed E-state index contributed by atoms with van der Waals surface area (Å²) in [7, 11) is -1.51. The molecule has 0 radical (unpaired) electrons. The predicted molar refractivity (Wildman–Crippen MR) is 66.5 cm³/mol. The molecular weight excluding hydrogens is 205 g/mol. The van der Waals surface area contributed by atoms with E-state index in [0.29, 0.717) is 17.6 Å². The van der Waals surface area contributed by atoms with Gasteiger partial charge in [0.25, 0.3) is 0 Å². The van der Waals surface area contributed by atoms with E-state index in [9.17, 15) is 4.79 Å². The minimum absolute atomic E-state index is 0.102. The van der Waals surface area contributed by atoms with Crippen molar-refractivity contribution in [2.75, 3.05) is 5.32 Å². The third-order valence-corrected chi connectivity index (χ3v) is 1.79. The number of amides is 1. The standard InChI is InChI=1S/C9H12BNO3.C2H6/c1-2-9(12)11-8-5-3-4-7(6-8)10(13)14;1-2/h3-6,13-14H,2H2,1H3,(H,11,12);1-2H3. The number of rotatable bonds is 3. The summed E-state index contributed by atoms with van der Waals surface area (Å²) in [6.45, 7) is 5.75. The van der Waals surface area contributed by atoms with Crippen LogP contribution in [0.25, 0.3) is 0 Å². The lowest BCUT2D eigenvalue weighted by molar-refractivity contribution is -0.115. The lowest BCUT2D eigenvalue weighted by atomic mass is 9.80. The Kier molecular flexibility index (Phi) is 7.25. The maximum atomic E-state index is 11.0. The fraction of sp³-hybridized carbons (Fsp3) is 0.364. The van der Waals surface area contributed by atoms with Gasteiger partial charge in [0.2, 0.25) is 5.91 Å². The second kappa shape index (κ2) is 7.90. The molecule has 4 nitrogen and oxygen atoms in total. The van der Waals surface area contributed by atoms with Gasteiger partial charge in [0.05, 0.1) is 0 Å². The van der Waals surface area contributed by atoms with E-state index in [4.69, 9.17) is 10.0 Å². The molecule has 0 heterocycles. The third kappa shape index (κ3) is 4.95. The van der Waals surface area contributed by atoms with Crippen LogP contribution < -0.4 is 10.8 Å². The molecule has 0 spiro atoms. The lowest BCUT2D eigenvalue weighted by Crippen LogP contribution is -2.30. The van der Waals surface area contributed by atoms with Crippen molar-refractivity contribution in [2.45, 2.75) is 27.2 Å². The Morgan fingerprint density at radius 2 is 2.00 bits per heavy atom. The average molecular weight is 223 g/mol. The van der Waals surface area contributed by atoms with Crippen molar-refractivity contribution >= 4 is 24.2 Å². The number of hydrogen-bond donors (Lipinski definition) is 3. The fourth-order valence-corrected chi connectivity index (χ4v) is 1.03. The van der Waals surface area contributed by atoms with E-state index in [1.807, 2.05) is 13.8 Å². The van der Waals surface area contributed by atoms with E-state index in [0.717, 1.165) is 0 Å². The van der Waals surface area contributed by atoms with Gasteiger partial charge in [0, 0.05) is 12.1 Å². The molecular formula is C11H18BNO3. The molecule has 1 aromatic rings. The normalized spacial score (nSPS) is 8.81. The van der Waals surface area contributed by atoms with Gasteiger partial charge in [-0.15, -0.1) is 0 Å². The zero-order valence-electron chi connectivity index (χ0n) is 9.90. The Hall–Kier alpha value is -1.33. The fourth-order valence-electron chi connectivity index (χ4n) is 1.03. The second-order valence-corrected chi connectivity index (χ2v) is 2.90. The summed E-state index contributed by atoms with van der Waals surface area (Å²) in [5.41, 5.74) is 0.932. The van der Waals surface area contributed by atoms with Gasteiger partial charge in [-0.2, -0.15) is 0 Å². The molecule has 1 aromatic carbocycles. The highest BCUT2D eigenvalue weighted by molar-refractivity contribution is 6.58. The van der Waals surface area contributed by atoms with Gasteiger partial charge in [0.15, 0.2) is 0 Å². The van der Waals surface area contributed by atoms with E-state index >= 15 is 0 Å². The lowest BCUT2D eigenvalue weighted by Gasteiger charge is -2.05. The van der Waals surface area contributed by atoms with Crippen molar-refractivity contribution in [1.82, 2.24) is 0 Å². The molecule has 0 unspecified atom stereocenters. The average Bonchev–Trinajstić information content (AvgIpc) is 2.32. The first-order chi connectivity index (χ1) is 7.63. The molecule has 5 heteroatoms. The third-order valence-electron chi connectivity index (χ3n) is 1.79. The molecule has 1 amide bonds. The van der Waals surface area contributed by atoms with Crippen LogP contribution in [0, 0.1) is 0 Å². The van der Waals surface area contributed by atoms with Crippen LogP contribution in [-0.2, 0) is 4.79 Å². The van der Waals surface area contributed by atoms with Crippen LogP contribution in [0.1, 0.15) is 27.2 Å². The number of carbonyl (C=O) groups is 1. The SMILES string of the molecule is CC.CCC(=O)Nc1cccc(B(O)O)c1. The van der Waals surface area contributed by atoms with Crippen molar-refractivity contribution in [3.05, 3.63) is 24.3 Å². The minimum atomic E-state index is -1.51. The molecule has 0 aromatic heterocycles. The van der Waals surface area contributed by atoms with E-state index in [2.05, 4.69) is 5.32 Å². The molecule has 0 aliphatic carbocycles. The van der Waals surface area contributed by atoms with E-state index in [1.165, 1.54) is 6.07 Å². The second-order valence-electron chi connectivity index (χ2n) is 2.90. The van der Waals surface area contributed by atoms with Crippen LogP contribution in [0.2, 0.25) is 0 Å². The first-order valence-corrected chi connectivity index (χ1v) is 5.39. The zero-order chi connectivity index (χ0) is 12.6. The predicted octanol–water partition coefficient (Wildman–Crippen LogP) is 0.741. The summed E-state index contributed by atoms with van der Waals surface area (Å²) in [5, 5.41) is 20.4. The van der Waals surface area contributed by atoms with Crippen LogP contribution in [0.3, 0.4) is 0 Å². The monoisotopic (exact) mass is 223 g/mol. The van der Waals surface area contributed by atoms with Crippen LogP contribution in [0.5, 0.6) is 0 Å². The van der Waals surface area contributed by atoms with Crippen molar-refractivity contribution in [3.63, 3.8) is 0 Å². The number of carbonyl (C=O) groups excluding carboxylic acids is 1. The van der Waals surface area contributed by atoms with Gasteiger partial charge in [0.1, 0.15) is 0 Å². The van der Waals surface area contributed by atoms with Gasteiger partial charge in [-0.1, -0.05) is 32.9 Å². The molecule has 0 aliphatic heterocycles. The number of nitrogens with one attached hydrogen (secondary N) is 1. The van der Waals surface area contributed by atoms with Gasteiger partial charge in [-0.05, 0) is 17.6 Å². The molecule has 16 heavy (non-hydrogen) atoms. The topological polar surface area (TPSA) is 69.6 Å². The smallest absolute Gasteiger partial charge is 0.423 e. The molecule has 0 fully saturated rings. The molecule has 0 aliphatic rings. The summed E-state index contributed by atoms with van der Waals surface area (Å²) >= 11 is 0. The van der Waals surface area contributed by atoms with Gasteiger partial charge >= 0.3 is 7.12 Å². The van der Waals surface area contributed by atoms with Gasteiger partial charge in [-0.3, -0.25) is 4.79 Å². The minimum Gasteiger partial charge on any atom is -0.423 e. The van der Waals surface area contributed by atoms with Crippen molar-refractivity contribution in [2.24, 2.45) is 0 Å². The maximum absolute atomic E-state index is 11.0. The van der Waals surface area contributed by atoms with Crippen molar-refractivity contribution < 1.29 is 14.8 Å². The summed E-state index contributed by atoms with van der Waals surface area (Å²) in [6.07, 6.45) is 0.395. The largest absolute Gasteiger partial charge is 0.488 e. The van der Waals surface area contributed by atoms with Crippen molar-refractivity contribution in [3.8, 4) is 0 Å². The Morgan fingerprint density at radius 3 is 2.50 bits per heavy atom. The van der Waals surface area contributed by atoms with E-state index < -0.39 is 7.12 Å². The molecule has 0 saturated carbocycles. The number of hydrogen-bond acceptors (Lipinski definition) is 3. The van der Waals surface area contributed by atoms with Crippen LogP contribution in [-0.4, -0.2) is 23.1 Å². The van der Waals surface area contributed by atoms with Crippen LogP contribution >= 0.6 is 0 Å². The summed E-state index contributed by atoms with van der Waals surface area (Å²) in [5.74, 6) is -0.102. The Bertz CT molecular complexity index is 329. The first-order valence-electron chi connectivity index (χ1n) is 5.39. The number of anilines is 1.